The number of oxazole rings is 1. The number of aliphatic hydroxyl groups is 1. The van der Waals surface area contributed by atoms with Gasteiger partial charge in [0.15, 0.2) is 5.58 Å². The second-order valence-electron chi connectivity index (χ2n) is 9.41. The molecule has 0 atom stereocenters. The third kappa shape index (κ3) is 3.68. The maximum absolute atomic E-state index is 10.3. The van der Waals surface area contributed by atoms with Crippen LogP contribution in [0.15, 0.2) is 77.2 Å². The predicted molar refractivity (Wildman–Crippen MR) is 133 cm³/mol. The number of nitrogens with zero attached hydrogens (tertiary/aromatic N) is 1. The molecule has 0 saturated carbocycles. The van der Waals surface area contributed by atoms with E-state index in [1.165, 1.54) is 0 Å². The van der Waals surface area contributed by atoms with E-state index in [0.29, 0.717) is 13.4 Å². The summed E-state index contributed by atoms with van der Waals surface area (Å²) >= 11 is 0. The largest absolute Gasteiger partial charge is 0.436 e. The molecule has 4 nitrogen and oxygen atoms in total. The molecule has 0 spiro atoms. The molecule has 5 aromatic rings. The van der Waals surface area contributed by atoms with Gasteiger partial charge >= 0.3 is 7.48 Å². The molecule has 1 aromatic heterocycles. The lowest BCUT2D eigenvalue weighted by Crippen LogP contribution is -2.49. The van der Waals surface area contributed by atoms with Gasteiger partial charge in [0.25, 0.3) is 0 Å². The highest BCUT2D eigenvalue weighted by Gasteiger charge is 2.35. The van der Waals surface area contributed by atoms with Crippen LogP contribution in [0.2, 0.25) is 0 Å². The SMILES string of the molecule is CC(C)(O)C(C)(C)OBc1ccc2ccc(-c3nc4c(ccc5ccccc54)o3)cc2c1. The fourth-order valence-electron chi connectivity index (χ4n) is 3.74. The third-order valence-electron chi connectivity index (χ3n) is 6.51. The van der Waals surface area contributed by atoms with Crippen molar-refractivity contribution in [3.63, 3.8) is 0 Å². The molecular formula is C27H26BNO3. The van der Waals surface area contributed by atoms with E-state index in [1.807, 2.05) is 38.1 Å². The number of aromatic nitrogens is 1. The molecule has 0 radical (unpaired) electrons. The lowest BCUT2D eigenvalue weighted by molar-refractivity contribution is -0.0893. The Morgan fingerprint density at radius 2 is 1.59 bits per heavy atom. The van der Waals surface area contributed by atoms with E-state index in [1.54, 1.807) is 13.8 Å². The van der Waals surface area contributed by atoms with Crippen LogP contribution in [0, 0.1) is 0 Å². The predicted octanol–water partition coefficient (Wildman–Crippen LogP) is 5.34. The number of hydrogen-bond donors (Lipinski definition) is 1. The van der Waals surface area contributed by atoms with Crippen molar-refractivity contribution in [1.29, 1.82) is 0 Å². The molecule has 5 rings (SSSR count). The Balaban J connectivity index is 1.49. The van der Waals surface area contributed by atoms with Gasteiger partial charge in [0, 0.05) is 10.9 Å². The highest BCUT2D eigenvalue weighted by Crippen LogP contribution is 2.31. The quantitative estimate of drug-likeness (QED) is 0.388. The van der Waals surface area contributed by atoms with Gasteiger partial charge in [-0.2, -0.15) is 0 Å². The summed E-state index contributed by atoms with van der Waals surface area (Å²) in [6.45, 7) is 7.35. The van der Waals surface area contributed by atoms with Crippen molar-refractivity contribution in [2.24, 2.45) is 0 Å². The van der Waals surface area contributed by atoms with Crippen LogP contribution in [0.5, 0.6) is 0 Å². The van der Waals surface area contributed by atoms with Crippen molar-refractivity contribution in [3.8, 4) is 11.5 Å². The van der Waals surface area contributed by atoms with Crippen LogP contribution < -0.4 is 5.46 Å². The highest BCUT2D eigenvalue weighted by atomic mass is 16.5. The molecule has 4 aromatic carbocycles. The first kappa shape index (κ1) is 20.7. The standard InChI is InChI=1S/C27H26BNO3/c1-26(2,30)27(3,4)32-28-21-13-11-17-9-10-19(15-20(17)16-21)25-29-24-22-8-6-5-7-18(22)12-14-23(24)31-25/h5-16,28,30H,1-4H3. The average molecular weight is 423 g/mol. The summed E-state index contributed by atoms with van der Waals surface area (Å²) in [5.41, 5.74) is 2.06. The van der Waals surface area contributed by atoms with Crippen LogP contribution in [-0.2, 0) is 4.65 Å². The van der Waals surface area contributed by atoms with Gasteiger partial charge in [-0.15, -0.1) is 0 Å². The van der Waals surface area contributed by atoms with Gasteiger partial charge in [-0.25, -0.2) is 4.98 Å². The molecule has 0 fully saturated rings. The summed E-state index contributed by atoms with van der Waals surface area (Å²) in [4.78, 5) is 4.82. The fraction of sp³-hybridized carbons (Fsp3) is 0.222. The van der Waals surface area contributed by atoms with Crippen molar-refractivity contribution in [1.82, 2.24) is 4.98 Å². The number of benzene rings is 4. The second kappa shape index (κ2) is 7.47. The van der Waals surface area contributed by atoms with Gasteiger partial charge in [0.1, 0.15) is 5.52 Å². The minimum absolute atomic E-state index is 0.423. The monoisotopic (exact) mass is 423 g/mol. The van der Waals surface area contributed by atoms with Gasteiger partial charge in [-0.1, -0.05) is 60.1 Å². The first-order chi connectivity index (χ1) is 15.2. The first-order valence-corrected chi connectivity index (χ1v) is 10.9. The minimum atomic E-state index is -0.936. The smallest absolute Gasteiger partial charge is 0.309 e. The molecule has 0 aliphatic rings. The van der Waals surface area contributed by atoms with Gasteiger partial charge in [0.05, 0.1) is 11.2 Å². The van der Waals surface area contributed by atoms with Crippen LogP contribution in [-0.4, -0.2) is 28.8 Å². The van der Waals surface area contributed by atoms with Crippen molar-refractivity contribution in [2.45, 2.75) is 38.9 Å². The van der Waals surface area contributed by atoms with E-state index < -0.39 is 11.2 Å². The number of hydrogen-bond acceptors (Lipinski definition) is 4. The zero-order valence-electron chi connectivity index (χ0n) is 18.8. The summed E-state index contributed by atoms with van der Waals surface area (Å²) in [5, 5.41) is 14.8. The normalized spacial score (nSPS) is 12.7. The zero-order valence-corrected chi connectivity index (χ0v) is 18.8. The van der Waals surface area contributed by atoms with Crippen LogP contribution in [0.25, 0.3) is 44.1 Å². The molecule has 1 heterocycles. The summed E-state index contributed by atoms with van der Waals surface area (Å²) in [7, 11) is 0.423. The lowest BCUT2D eigenvalue weighted by atomic mass is 9.82. The molecule has 0 saturated heterocycles. The molecule has 160 valence electrons. The Hall–Kier alpha value is -3.15. The summed E-state index contributed by atoms with van der Waals surface area (Å²) in [6, 6.07) is 24.8. The summed E-state index contributed by atoms with van der Waals surface area (Å²) in [6.07, 6.45) is 0. The van der Waals surface area contributed by atoms with Crippen LogP contribution in [0.4, 0.5) is 0 Å². The molecule has 0 bridgehead atoms. The van der Waals surface area contributed by atoms with Crippen LogP contribution >= 0.6 is 0 Å². The van der Waals surface area contributed by atoms with Gasteiger partial charge < -0.3 is 14.2 Å². The van der Waals surface area contributed by atoms with Gasteiger partial charge in [0.2, 0.25) is 5.89 Å². The topological polar surface area (TPSA) is 55.5 Å². The Morgan fingerprint density at radius 1 is 0.844 bits per heavy atom. The molecular weight excluding hydrogens is 397 g/mol. The van der Waals surface area contributed by atoms with E-state index in [4.69, 9.17) is 14.1 Å². The maximum Gasteiger partial charge on any atom is 0.309 e. The van der Waals surface area contributed by atoms with E-state index in [2.05, 4.69) is 48.5 Å². The first-order valence-electron chi connectivity index (χ1n) is 10.9. The van der Waals surface area contributed by atoms with Gasteiger partial charge in [-0.05, 0) is 62.1 Å². The molecule has 0 unspecified atom stereocenters. The molecule has 32 heavy (non-hydrogen) atoms. The summed E-state index contributed by atoms with van der Waals surface area (Å²) < 4.78 is 12.2. The fourth-order valence-corrected chi connectivity index (χ4v) is 3.74. The molecule has 1 N–H and O–H groups in total. The minimum Gasteiger partial charge on any atom is -0.436 e. The van der Waals surface area contributed by atoms with Crippen molar-refractivity contribution in [3.05, 3.63) is 72.8 Å². The Morgan fingerprint density at radius 3 is 2.41 bits per heavy atom. The number of fused-ring (bicyclic) bond motifs is 4. The Bertz CT molecular complexity index is 1450. The van der Waals surface area contributed by atoms with E-state index in [0.717, 1.165) is 43.7 Å². The third-order valence-corrected chi connectivity index (χ3v) is 6.51. The molecule has 0 aliphatic heterocycles. The Labute approximate surface area is 188 Å². The highest BCUT2D eigenvalue weighted by molar-refractivity contribution is 6.47. The van der Waals surface area contributed by atoms with Gasteiger partial charge in [-0.3, -0.25) is 0 Å². The van der Waals surface area contributed by atoms with E-state index in [-0.39, 0.29) is 0 Å². The van der Waals surface area contributed by atoms with Crippen molar-refractivity contribution < 1.29 is 14.2 Å². The van der Waals surface area contributed by atoms with E-state index >= 15 is 0 Å². The zero-order chi connectivity index (χ0) is 22.5. The lowest BCUT2D eigenvalue weighted by Gasteiger charge is -2.37. The average Bonchev–Trinajstić information content (AvgIpc) is 3.21. The molecule has 0 aliphatic carbocycles. The van der Waals surface area contributed by atoms with Crippen molar-refractivity contribution >= 4 is 45.6 Å². The van der Waals surface area contributed by atoms with E-state index in [9.17, 15) is 5.11 Å². The maximum atomic E-state index is 10.3. The van der Waals surface area contributed by atoms with Crippen LogP contribution in [0.1, 0.15) is 27.7 Å². The number of rotatable bonds is 5. The summed E-state index contributed by atoms with van der Waals surface area (Å²) in [5.74, 6) is 0.614. The Kier molecular flexibility index (Phi) is 4.84. The van der Waals surface area contributed by atoms with Crippen LogP contribution in [0.3, 0.4) is 0 Å². The second-order valence-corrected chi connectivity index (χ2v) is 9.41. The molecule has 5 heteroatoms. The van der Waals surface area contributed by atoms with Crippen molar-refractivity contribution in [2.75, 3.05) is 0 Å². The molecule has 0 amide bonds.